The molecule has 3 rings (SSSR count). The van der Waals surface area contributed by atoms with Crippen LogP contribution >= 0.6 is 0 Å². The highest BCUT2D eigenvalue weighted by atomic mass is 19.4. The van der Waals surface area contributed by atoms with Crippen LogP contribution in [0.1, 0.15) is 42.3 Å². The monoisotopic (exact) mass is 341 g/mol. The molecule has 0 amide bonds. The summed E-state index contributed by atoms with van der Waals surface area (Å²) in [5, 5.41) is 17.8. The number of aliphatic hydroxyl groups is 1. The lowest BCUT2D eigenvalue weighted by molar-refractivity contribution is -0.137. The lowest BCUT2D eigenvalue weighted by Crippen LogP contribution is -2.24. The first-order chi connectivity index (χ1) is 11.4. The summed E-state index contributed by atoms with van der Waals surface area (Å²) >= 11 is 0. The first-order valence-corrected chi connectivity index (χ1v) is 7.77. The second-order valence-corrected chi connectivity index (χ2v) is 5.90. The third-order valence-corrected chi connectivity index (χ3v) is 4.13. The van der Waals surface area contributed by atoms with Crippen molar-refractivity contribution in [3.63, 3.8) is 0 Å². The molecule has 8 heteroatoms. The number of alkyl halides is 3. The number of likely N-dealkylation sites (tertiary alicyclic amines) is 1. The first-order valence-electron chi connectivity index (χ1n) is 7.77. The van der Waals surface area contributed by atoms with E-state index >= 15 is 0 Å². The fourth-order valence-electron chi connectivity index (χ4n) is 2.99. The van der Waals surface area contributed by atoms with Crippen molar-refractivity contribution in [2.75, 3.05) is 6.54 Å². The summed E-state index contributed by atoms with van der Waals surface area (Å²) in [7, 11) is 0. The smallest absolute Gasteiger partial charge is 0.416 e. The Bertz CT molecular complexity index is 702. The van der Waals surface area contributed by atoms with Gasteiger partial charge in [0.1, 0.15) is 0 Å². The summed E-state index contributed by atoms with van der Waals surface area (Å²) in [5.41, 5.74) is -0.163. The molecule has 2 atom stereocenters. The molecule has 1 fully saturated rings. The van der Waals surface area contributed by atoms with E-state index in [2.05, 4.69) is 10.2 Å². The fourth-order valence-corrected chi connectivity index (χ4v) is 2.99. The van der Waals surface area contributed by atoms with Gasteiger partial charge in [0.15, 0.2) is 0 Å². The number of aromatic nitrogens is 2. The van der Waals surface area contributed by atoms with Gasteiger partial charge < -0.3 is 9.52 Å². The number of halogens is 3. The van der Waals surface area contributed by atoms with E-state index in [4.69, 9.17) is 4.42 Å². The number of aliphatic hydroxyl groups excluding tert-OH is 1. The van der Waals surface area contributed by atoms with Crippen LogP contribution in [-0.2, 0) is 19.1 Å². The molecule has 5 nitrogen and oxygen atoms in total. The zero-order chi connectivity index (χ0) is 17.3. The Hall–Kier alpha value is -1.93. The van der Waals surface area contributed by atoms with Crippen LogP contribution in [0.2, 0.25) is 0 Å². The Morgan fingerprint density at radius 3 is 2.71 bits per heavy atom. The third-order valence-electron chi connectivity index (χ3n) is 4.13. The molecule has 1 aliphatic rings. The lowest BCUT2D eigenvalue weighted by atomic mass is 10.0. The maximum Gasteiger partial charge on any atom is 0.416 e. The van der Waals surface area contributed by atoms with Crippen molar-refractivity contribution < 1.29 is 22.7 Å². The molecule has 0 saturated carbocycles. The molecule has 1 aromatic heterocycles. The Balaban J connectivity index is 1.82. The van der Waals surface area contributed by atoms with Gasteiger partial charge in [-0.25, -0.2) is 0 Å². The predicted molar refractivity (Wildman–Crippen MR) is 78.9 cm³/mol. The molecule has 24 heavy (non-hydrogen) atoms. The van der Waals surface area contributed by atoms with Crippen molar-refractivity contribution >= 4 is 0 Å². The van der Waals surface area contributed by atoms with Gasteiger partial charge in [-0.2, -0.15) is 13.2 Å². The summed E-state index contributed by atoms with van der Waals surface area (Å²) in [5.74, 6) is 0.915. The summed E-state index contributed by atoms with van der Waals surface area (Å²) in [6.07, 6.45) is -4.00. The zero-order valence-corrected chi connectivity index (χ0v) is 13.1. The number of β-amino-alcohol motifs (C(OH)–C–C–N with tert-alkyl or cyclic N) is 1. The van der Waals surface area contributed by atoms with Gasteiger partial charge in [0.05, 0.1) is 18.2 Å². The van der Waals surface area contributed by atoms with Crippen molar-refractivity contribution in [1.82, 2.24) is 15.1 Å². The number of rotatable bonds is 4. The molecule has 0 spiro atoms. The van der Waals surface area contributed by atoms with Crippen molar-refractivity contribution in [2.45, 2.75) is 44.6 Å². The summed E-state index contributed by atoms with van der Waals surface area (Å²) in [6.45, 7) is 2.54. The second kappa shape index (κ2) is 6.52. The Labute approximate surface area is 137 Å². The van der Waals surface area contributed by atoms with Gasteiger partial charge in [-0.05, 0) is 24.1 Å². The normalized spacial score (nSPS) is 22.2. The Kier molecular flexibility index (Phi) is 4.60. The Morgan fingerprint density at radius 2 is 2.04 bits per heavy atom. The fraction of sp³-hybridized carbons (Fsp3) is 0.500. The van der Waals surface area contributed by atoms with E-state index in [1.807, 2.05) is 11.8 Å². The predicted octanol–water partition coefficient (Wildman–Crippen LogP) is 2.96. The second-order valence-electron chi connectivity index (χ2n) is 5.90. The lowest BCUT2D eigenvalue weighted by Gasteiger charge is -2.23. The van der Waals surface area contributed by atoms with E-state index in [0.29, 0.717) is 43.3 Å². The molecule has 0 bridgehead atoms. The topological polar surface area (TPSA) is 62.4 Å². The molecule has 1 saturated heterocycles. The van der Waals surface area contributed by atoms with E-state index in [0.717, 1.165) is 12.1 Å². The van der Waals surface area contributed by atoms with Gasteiger partial charge in [0.25, 0.3) is 0 Å². The quantitative estimate of drug-likeness (QED) is 0.926. The van der Waals surface area contributed by atoms with E-state index in [9.17, 15) is 18.3 Å². The third kappa shape index (κ3) is 3.59. The van der Waals surface area contributed by atoms with Gasteiger partial charge in [0, 0.05) is 19.0 Å². The molecule has 1 N–H and O–H groups in total. The van der Waals surface area contributed by atoms with Crippen LogP contribution in [0.15, 0.2) is 28.7 Å². The summed E-state index contributed by atoms with van der Waals surface area (Å²) in [6, 6.07) is 4.91. The maximum atomic E-state index is 12.9. The largest absolute Gasteiger partial charge is 0.424 e. The average Bonchev–Trinajstić information content (AvgIpc) is 3.13. The van der Waals surface area contributed by atoms with Gasteiger partial charge >= 0.3 is 6.18 Å². The SMILES string of the molecule is CCc1nnc(CN2C[C@H](O)C[C@@H]2c2cccc(C(F)(F)F)c2)o1. The first kappa shape index (κ1) is 16.9. The van der Waals surface area contributed by atoms with Crippen LogP contribution in [0, 0.1) is 0 Å². The van der Waals surface area contributed by atoms with Crippen LogP contribution in [0.25, 0.3) is 0 Å². The molecule has 0 aliphatic carbocycles. The van der Waals surface area contributed by atoms with Crippen molar-refractivity contribution in [2.24, 2.45) is 0 Å². The van der Waals surface area contributed by atoms with Crippen LogP contribution in [0.4, 0.5) is 13.2 Å². The van der Waals surface area contributed by atoms with E-state index in [1.165, 1.54) is 6.07 Å². The van der Waals surface area contributed by atoms with Crippen molar-refractivity contribution in [3.05, 3.63) is 47.2 Å². The number of nitrogens with zero attached hydrogens (tertiary/aromatic N) is 3. The van der Waals surface area contributed by atoms with Crippen LogP contribution in [-0.4, -0.2) is 32.9 Å². The number of hydrogen-bond acceptors (Lipinski definition) is 5. The van der Waals surface area contributed by atoms with E-state index < -0.39 is 17.8 Å². The van der Waals surface area contributed by atoms with Crippen LogP contribution < -0.4 is 0 Å². The molecular formula is C16H18F3N3O2. The van der Waals surface area contributed by atoms with Gasteiger partial charge in [-0.3, -0.25) is 4.90 Å². The zero-order valence-electron chi connectivity index (χ0n) is 13.1. The number of benzene rings is 1. The minimum absolute atomic E-state index is 0.297. The average molecular weight is 341 g/mol. The molecule has 2 heterocycles. The van der Waals surface area contributed by atoms with Gasteiger partial charge in [-0.1, -0.05) is 19.1 Å². The van der Waals surface area contributed by atoms with Gasteiger partial charge in [0.2, 0.25) is 11.8 Å². The van der Waals surface area contributed by atoms with Crippen LogP contribution in [0.3, 0.4) is 0 Å². The van der Waals surface area contributed by atoms with E-state index in [1.54, 1.807) is 6.07 Å². The van der Waals surface area contributed by atoms with Crippen molar-refractivity contribution in [1.29, 1.82) is 0 Å². The molecular weight excluding hydrogens is 323 g/mol. The number of aryl methyl sites for hydroxylation is 1. The molecule has 130 valence electrons. The molecule has 0 radical (unpaired) electrons. The highest BCUT2D eigenvalue weighted by molar-refractivity contribution is 5.29. The molecule has 1 aliphatic heterocycles. The minimum atomic E-state index is -4.39. The molecule has 0 unspecified atom stereocenters. The highest BCUT2D eigenvalue weighted by Crippen LogP contribution is 2.36. The van der Waals surface area contributed by atoms with Crippen molar-refractivity contribution in [3.8, 4) is 0 Å². The maximum absolute atomic E-state index is 12.9. The van der Waals surface area contributed by atoms with E-state index in [-0.39, 0.29) is 6.04 Å². The standard InChI is InChI=1S/C16H18F3N3O2/c1-2-14-20-21-15(24-14)9-22-8-12(23)7-13(22)10-4-3-5-11(6-10)16(17,18)19/h3-6,12-13,23H,2,7-9H2,1H3/t12-,13-/m1/s1. The number of hydrogen-bond donors (Lipinski definition) is 1. The highest BCUT2D eigenvalue weighted by Gasteiger charge is 2.35. The van der Waals surface area contributed by atoms with Gasteiger partial charge in [-0.15, -0.1) is 10.2 Å². The Morgan fingerprint density at radius 1 is 1.29 bits per heavy atom. The summed E-state index contributed by atoms with van der Waals surface area (Å²) < 4.78 is 44.2. The molecule has 2 aromatic rings. The molecule has 1 aromatic carbocycles. The summed E-state index contributed by atoms with van der Waals surface area (Å²) in [4.78, 5) is 1.87. The van der Waals surface area contributed by atoms with Crippen LogP contribution in [0.5, 0.6) is 0 Å². The minimum Gasteiger partial charge on any atom is -0.424 e.